The molecule has 0 unspecified atom stereocenters. The number of rotatable bonds is 5. The predicted molar refractivity (Wildman–Crippen MR) is 267 cm³/mol. The van der Waals surface area contributed by atoms with Crippen LogP contribution in [-0.4, -0.2) is 0 Å². The summed E-state index contributed by atoms with van der Waals surface area (Å²) in [5.74, 6) is 0. The summed E-state index contributed by atoms with van der Waals surface area (Å²) in [6.45, 7) is 4.76. The van der Waals surface area contributed by atoms with Crippen LogP contribution in [0, 0.1) is 0 Å². The van der Waals surface area contributed by atoms with Gasteiger partial charge in [0.15, 0.2) is 0 Å². The van der Waals surface area contributed by atoms with Gasteiger partial charge in [-0.2, -0.15) is 0 Å². The van der Waals surface area contributed by atoms with Gasteiger partial charge in [-0.25, -0.2) is 0 Å². The summed E-state index contributed by atoms with van der Waals surface area (Å²) in [5, 5.41) is 2.43. The van der Waals surface area contributed by atoms with Gasteiger partial charge in [0.1, 0.15) is 0 Å². The average molecular weight is 817 g/mol. The summed E-state index contributed by atoms with van der Waals surface area (Å²) >= 11 is 0. The van der Waals surface area contributed by atoms with E-state index in [-0.39, 0.29) is 5.41 Å². The van der Waals surface area contributed by atoms with E-state index in [1.165, 1.54) is 94.6 Å². The van der Waals surface area contributed by atoms with Crippen molar-refractivity contribution in [3.8, 4) is 33.4 Å². The quantitative estimate of drug-likeness (QED) is 0.171. The minimum atomic E-state index is -0.444. The number of benzene rings is 10. The molecule has 1 aliphatic heterocycles. The van der Waals surface area contributed by atoms with Crippen molar-refractivity contribution in [3.05, 3.63) is 264 Å². The molecular weight excluding hydrogens is 773 g/mol. The van der Waals surface area contributed by atoms with Crippen LogP contribution in [0.1, 0.15) is 47.2 Å². The van der Waals surface area contributed by atoms with E-state index in [1.807, 2.05) is 0 Å². The van der Waals surface area contributed by atoms with Gasteiger partial charge in [-0.05, 0) is 109 Å². The molecule has 10 aromatic carbocycles. The molecule has 0 fully saturated rings. The fourth-order valence-electron chi connectivity index (χ4n) is 11.7. The van der Waals surface area contributed by atoms with Crippen molar-refractivity contribution in [1.29, 1.82) is 0 Å². The molecule has 0 aromatic heterocycles. The molecule has 0 atom stereocenters. The lowest BCUT2D eigenvalue weighted by Crippen LogP contribution is -2.31. The highest BCUT2D eigenvalue weighted by Gasteiger charge is 2.51. The maximum atomic E-state index is 2.56. The fourth-order valence-corrected chi connectivity index (χ4v) is 11.7. The minimum Gasteiger partial charge on any atom is -0.310 e. The molecule has 2 nitrogen and oxygen atoms in total. The van der Waals surface area contributed by atoms with Gasteiger partial charge in [0.05, 0.1) is 22.5 Å². The van der Waals surface area contributed by atoms with Gasteiger partial charge in [0.2, 0.25) is 0 Å². The Balaban J connectivity index is 1.07. The fraction of sp³-hybridized carbons (Fsp3) is 0.0645. The van der Waals surface area contributed by atoms with Crippen molar-refractivity contribution < 1.29 is 0 Å². The van der Waals surface area contributed by atoms with Gasteiger partial charge in [-0.15, -0.1) is 0 Å². The zero-order valence-electron chi connectivity index (χ0n) is 35.8. The first-order chi connectivity index (χ1) is 31.5. The van der Waals surface area contributed by atoms with E-state index in [2.05, 4.69) is 254 Å². The van der Waals surface area contributed by atoms with E-state index in [9.17, 15) is 0 Å². The number of hydrogen-bond acceptors (Lipinski definition) is 2. The topological polar surface area (TPSA) is 6.48 Å². The van der Waals surface area contributed by atoms with E-state index in [0.29, 0.717) is 0 Å². The first-order valence-corrected chi connectivity index (χ1v) is 22.4. The summed E-state index contributed by atoms with van der Waals surface area (Å²) in [5.41, 5.74) is 21.8. The molecule has 0 amide bonds. The van der Waals surface area contributed by atoms with E-state index in [1.54, 1.807) is 0 Å². The highest BCUT2D eigenvalue weighted by atomic mass is 15.2. The molecule has 0 radical (unpaired) electrons. The molecule has 1 spiro atoms. The Morgan fingerprint density at radius 1 is 0.344 bits per heavy atom. The zero-order valence-corrected chi connectivity index (χ0v) is 35.8. The normalized spacial score (nSPS) is 14.3. The van der Waals surface area contributed by atoms with Crippen molar-refractivity contribution in [2.24, 2.45) is 0 Å². The van der Waals surface area contributed by atoms with Crippen LogP contribution in [0.15, 0.2) is 231 Å². The number of anilines is 6. The van der Waals surface area contributed by atoms with E-state index >= 15 is 0 Å². The average Bonchev–Trinajstić information content (AvgIpc) is 3.82. The zero-order chi connectivity index (χ0) is 42.6. The lowest BCUT2D eigenvalue weighted by atomic mass is 9.70. The molecule has 64 heavy (non-hydrogen) atoms. The summed E-state index contributed by atoms with van der Waals surface area (Å²) in [7, 11) is 0. The highest BCUT2D eigenvalue weighted by molar-refractivity contribution is 6.08. The van der Waals surface area contributed by atoms with Crippen LogP contribution in [0.25, 0.3) is 44.2 Å². The standard InChI is InChI=1S/C62H44N2/c1-61(2)55-31-17-18-32-58(55)64(60-46-24-10-9-21-42(46)33-36-47(60)41-19-5-3-6-20-41)59-40-45(35-38-56(59)61)63(43-22-7-4-8-23-43)44-34-37-51-50-27-13-16-30-54(50)62(57(51)39-44)52-28-14-11-25-48(52)49-26-12-15-29-53(49)62/h3-40H,1-2H3. The Hall–Kier alpha value is -7.94. The molecule has 13 rings (SSSR count). The van der Waals surface area contributed by atoms with Crippen LogP contribution in [0.3, 0.4) is 0 Å². The van der Waals surface area contributed by atoms with Gasteiger partial charge in [-0.1, -0.05) is 202 Å². The Bertz CT molecular complexity index is 3430. The highest BCUT2D eigenvalue weighted by Crippen LogP contribution is 2.64. The van der Waals surface area contributed by atoms with Gasteiger partial charge >= 0.3 is 0 Å². The van der Waals surface area contributed by atoms with Gasteiger partial charge in [0.25, 0.3) is 0 Å². The summed E-state index contributed by atoms with van der Waals surface area (Å²) in [4.78, 5) is 5.03. The van der Waals surface area contributed by atoms with Crippen LogP contribution in [-0.2, 0) is 10.8 Å². The second-order valence-electron chi connectivity index (χ2n) is 18.0. The van der Waals surface area contributed by atoms with E-state index < -0.39 is 5.41 Å². The minimum absolute atomic E-state index is 0.259. The van der Waals surface area contributed by atoms with Crippen molar-refractivity contribution in [2.45, 2.75) is 24.7 Å². The lowest BCUT2D eigenvalue weighted by Gasteiger charge is -2.43. The molecule has 0 N–H and O–H groups in total. The lowest BCUT2D eigenvalue weighted by molar-refractivity contribution is 0.632. The molecule has 0 bridgehead atoms. The van der Waals surface area contributed by atoms with Crippen LogP contribution >= 0.6 is 0 Å². The maximum absolute atomic E-state index is 2.56. The summed E-state index contributed by atoms with van der Waals surface area (Å²) in [6, 6.07) is 85.8. The van der Waals surface area contributed by atoms with E-state index in [4.69, 9.17) is 0 Å². The monoisotopic (exact) mass is 816 g/mol. The Morgan fingerprint density at radius 3 is 1.53 bits per heavy atom. The molecule has 302 valence electrons. The van der Waals surface area contributed by atoms with Gasteiger partial charge in [0, 0.05) is 33.4 Å². The third kappa shape index (κ3) is 5.02. The van der Waals surface area contributed by atoms with Crippen molar-refractivity contribution in [1.82, 2.24) is 0 Å². The summed E-state index contributed by atoms with van der Waals surface area (Å²) in [6.07, 6.45) is 0. The van der Waals surface area contributed by atoms with E-state index in [0.717, 1.165) is 17.1 Å². The second kappa shape index (κ2) is 13.8. The molecule has 1 heterocycles. The first kappa shape index (κ1) is 36.7. The molecule has 2 aliphatic carbocycles. The molecule has 3 aliphatic rings. The van der Waals surface area contributed by atoms with Crippen molar-refractivity contribution >= 4 is 44.9 Å². The molecule has 2 heteroatoms. The molecule has 10 aromatic rings. The Kier molecular flexibility index (Phi) is 7.90. The number of nitrogens with zero attached hydrogens (tertiary/aromatic N) is 2. The van der Waals surface area contributed by atoms with Crippen LogP contribution in [0.2, 0.25) is 0 Å². The Labute approximate surface area is 375 Å². The molecule has 0 saturated heterocycles. The maximum Gasteiger partial charge on any atom is 0.0726 e. The smallest absolute Gasteiger partial charge is 0.0726 e. The van der Waals surface area contributed by atoms with Crippen LogP contribution < -0.4 is 9.80 Å². The number of hydrogen-bond donors (Lipinski definition) is 0. The SMILES string of the molecule is CC1(C)c2ccccc2N(c2c(-c3ccccc3)ccc3ccccc23)c2cc(N(c3ccccc3)c3ccc4c(c3)C3(c5ccccc5-c5ccccc53)c3ccccc3-4)ccc21. The van der Waals surface area contributed by atoms with Gasteiger partial charge in [-0.3, -0.25) is 0 Å². The predicted octanol–water partition coefficient (Wildman–Crippen LogP) is 16.4. The Morgan fingerprint density at radius 2 is 0.844 bits per heavy atom. The van der Waals surface area contributed by atoms with Crippen molar-refractivity contribution in [3.63, 3.8) is 0 Å². The third-order valence-corrected chi connectivity index (χ3v) is 14.4. The van der Waals surface area contributed by atoms with Crippen LogP contribution in [0.4, 0.5) is 34.1 Å². The summed E-state index contributed by atoms with van der Waals surface area (Å²) < 4.78 is 0. The second-order valence-corrected chi connectivity index (χ2v) is 18.0. The largest absolute Gasteiger partial charge is 0.310 e. The third-order valence-electron chi connectivity index (χ3n) is 14.4. The van der Waals surface area contributed by atoms with Crippen LogP contribution in [0.5, 0.6) is 0 Å². The van der Waals surface area contributed by atoms with Gasteiger partial charge < -0.3 is 9.80 Å². The molecule has 0 saturated carbocycles. The molecular formula is C62H44N2. The number of fused-ring (bicyclic) bond motifs is 13. The van der Waals surface area contributed by atoms with Crippen molar-refractivity contribution in [2.75, 3.05) is 9.80 Å². The first-order valence-electron chi connectivity index (χ1n) is 22.4. The number of para-hydroxylation sites is 2.